The van der Waals surface area contributed by atoms with Crippen molar-refractivity contribution in [3.63, 3.8) is 0 Å². The zero-order valence-corrected chi connectivity index (χ0v) is 35.9. The molecule has 0 N–H and O–H groups in total. The van der Waals surface area contributed by atoms with E-state index in [1.165, 1.54) is 119 Å². The topological polar surface area (TPSA) is 3.24 Å². The highest BCUT2D eigenvalue weighted by molar-refractivity contribution is 6.02. The second-order valence-electron chi connectivity index (χ2n) is 22.2. The van der Waals surface area contributed by atoms with Gasteiger partial charge >= 0.3 is 0 Å². The quantitative estimate of drug-likeness (QED) is 0.177. The van der Waals surface area contributed by atoms with Gasteiger partial charge in [-0.15, -0.1) is 0 Å². The third-order valence-electron chi connectivity index (χ3n) is 17.1. The molecule has 292 valence electrons. The van der Waals surface area contributed by atoms with Gasteiger partial charge in [-0.25, -0.2) is 0 Å². The molecule has 4 saturated carbocycles. The molecule has 0 aliphatic heterocycles. The minimum atomic E-state index is 0.0318. The Morgan fingerprint density at radius 1 is 0.404 bits per heavy atom. The number of anilines is 3. The van der Waals surface area contributed by atoms with Crippen LogP contribution in [0.4, 0.5) is 17.1 Å². The molecular weight excluding hydrogens is 687 g/mol. The van der Waals surface area contributed by atoms with Crippen molar-refractivity contribution in [1.29, 1.82) is 0 Å². The lowest BCUT2D eigenvalue weighted by Crippen LogP contribution is -2.55. The summed E-state index contributed by atoms with van der Waals surface area (Å²) in [6.45, 7) is 20.0. The van der Waals surface area contributed by atoms with E-state index in [4.69, 9.17) is 0 Å². The number of nitrogens with zero attached hydrogens (tertiary/aromatic N) is 1. The van der Waals surface area contributed by atoms with Gasteiger partial charge in [0.15, 0.2) is 0 Å². The van der Waals surface area contributed by atoms with Gasteiger partial charge in [-0.1, -0.05) is 140 Å². The van der Waals surface area contributed by atoms with Crippen molar-refractivity contribution in [3.8, 4) is 22.3 Å². The first-order chi connectivity index (χ1) is 27.2. The monoisotopic (exact) mass is 749 g/mol. The molecule has 0 amide bonds. The number of hydrogen-bond donors (Lipinski definition) is 0. The summed E-state index contributed by atoms with van der Waals surface area (Å²) in [7, 11) is 0. The van der Waals surface area contributed by atoms with Crippen molar-refractivity contribution < 1.29 is 0 Å². The van der Waals surface area contributed by atoms with E-state index in [-0.39, 0.29) is 27.1 Å². The van der Waals surface area contributed by atoms with Crippen LogP contribution in [0.25, 0.3) is 22.3 Å². The maximum Gasteiger partial charge on any atom is 0.0546 e. The molecule has 5 aromatic rings. The summed E-state index contributed by atoms with van der Waals surface area (Å²) in [6, 6.07) is 41.2. The van der Waals surface area contributed by atoms with Gasteiger partial charge < -0.3 is 4.90 Å². The van der Waals surface area contributed by atoms with Crippen LogP contribution in [0.2, 0.25) is 0 Å². The standard InChI is InChI=1S/C56H63N/c1-52(2)26-28-54(5,6)50-43(52)20-14-22-46(50)57(47-23-15-21-44-51(47)55(7,8)29-27-53(44,3)4)45-25-24-42-49(48(45)37-16-10-9-11-17-37)40-18-12-13-19-41(40)56(42)38-31-35-30-36(33-38)34-39(56)32-35/h9-25,35-36,38-39H,26-34H2,1-8H3. The minimum Gasteiger partial charge on any atom is -0.309 e. The molecule has 0 aromatic heterocycles. The molecule has 4 fully saturated rings. The van der Waals surface area contributed by atoms with Gasteiger partial charge in [-0.2, -0.15) is 0 Å². The average molecular weight is 750 g/mol. The highest BCUT2D eigenvalue weighted by Gasteiger charge is 2.62. The van der Waals surface area contributed by atoms with Crippen molar-refractivity contribution in [2.75, 3.05) is 4.90 Å². The van der Waals surface area contributed by atoms with Crippen molar-refractivity contribution in [2.24, 2.45) is 23.7 Å². The lowest BCUT2D eigenvalue weighted by molar-refractivity contribution is -0.0399. The van der Waals surface area contributed by atoms with Crippen molar-refractivity contribution in [2.45, 2.75) is 140 Å². The van der Waals surface area contributed by atoms with Gasteiger partial charge in [-0.3, -0.25) is 0 Å². The normalized spacial score (nSPS) is 28.7. The first-order valence-corrected chi connectivity index (χ1v) is 22.6. The molecule has 7 aliphatic rings. The molecule has 0 radical (unpaired) electrons. The van der Waals surface area contributed by atoms with Crippen molar-refractivity contribution in [1.82, 2.24) is 0 Å². The fourth-order valence-electron chi connectivity index (χ4n) is 14.5. The molecule has 4 bridgehead atoms. The summed E-state index contributed by atoms with van der Waals surface area (Å²) >= 11 is 0. The predicted molar refractivity (Wildman–Crippen MR) is 240 cm³/mol. The Bertz CT molecular complexity index is 2330. The second-order valence-corrected chi connectivity index (χ2v) is 22.2. The van der Waals surface area contributed by atoms with Crippen LogP contribution in [0.5, 0.6) is 0 Å². The van der Waals surface area contributed by atoms with Crippen LogP contribution < -0.4 is 4.90 Å². The summed E-state index contributed by atoms with van der Waals surface area (Å²) < 4.78 is 0. The van der Waals surface area contributed by atoms with E-state index >= 15 is 0 Å². The van der Waals surface area contributed by atoms with Gasteiger partial charge in [0, 0.05) is 11.0 Å². The van der Waals surface area contributed by atoms with Crippen LogP contribution in [0.1, 0.15) is 147 Å². The Labute approximate surface area is 343 Å². The van der Waals surface area contributed by atoms with Gasteiger partial charge in [0.25, 0.3) is 0 Å². The summed E-state index contributed by atoms with van der Waals surface area (Å²) in [5.74, 6) is 3.31. The molecule has 0 atom stereocenters. The van der Waals surface area contributed by atoms with E-state index in [0.29, 0.717) is 0 Å². The second kappa shape index (κ2) is 12.0. The molecule has 1 spiro atoms. The van der Waals surface area contributed by atoms with Crippen molar-refractivity contribution in [3.05, 3.63) is 137 Å². The van der Waals surface area contributed by atoms with Gasteiger partial charge in [0.2, 0.25) is 0 Å². The number of fused-ring (bicyclic) bond motifs is 5. The molecule has 5 aromatic carbocycles. The molecule has 12 rings (SSSR count). The highest BCUT2D eigenvalue weighted by Crippen LogP contribution is 2.71. The lowest BCUT2D eigenvalue weighted by atomic mass is 9.43. The molecule has 0 saturated heterocycles. The van der Waals surface area contributed by atoms with Crippen LogP contribution in [0.15, 0.2) is 103 Å². The maximum atomic E-state index is 2.80. The number of benzene rings is 5. The molecule has 0 heterocycles. The van der Waals surface area contributed by atoms with E-state index in [1.54, 1.807) is 11.1 Å². The van der Waals surface area contributed by atoms with Gasteiger partial charge in [0.05, 0.1) is 17.1 Å². The fraction of sp³-hybridized carbons (Fsp3) is 0.464. The zero-order chi connectivity index (χ0) is 39.3. The largest absolute Gasteiger partial charge is 0.309 e. The first-order valence-electron chi connectivity index (χ1n) is 22.6. The van der Waals surface area contributed by atoms with Crippen LogP contribution in [0.3, 0.4) is 0 Å². The number of rotatable bonds is 4. The zero-order valence-electron chi connectivity index (χ0n) is 35.9. The van der Waals surface area contributed by atoms with Crippen LogP contribution in [0, 0.1) is 23.7 Å². The van der Waals surface area contributed by atoms with Crippen LogP contribution in [-0.2, 0) is 27.1 Å². The fourth-order valence-corrected chi connectivity index (χ4v) is 14.5. The Kier molecular flexibility index (Phi) is 7.58. The number of hydrogen-bond acceptors (Lipinski definition) is 1. The van der Waals surface area contributed by atoms with Crippen LogP contribution in [-0.4, -0.2) is 0 Å². The highest BCUT2D eigenvalue weighted by atomic mass is 15.2. The lowest BCUT2D eigenvalue weighted by Gasteiger charge is -2.61. The van der Waals surface area contributed by atoms with Crippen molar-refractivity contribution >= 4 is 17.1 Å². The maximum absolute atomic E-state index is 2.80. The Morgan fingerprint density at radius 2 is 0.895 bits per heavy atom. The van der Waals surface area contributed by atoms with Crippen LogP contribution >= 0.6 is 0 Å². The third kappa shape index (κ3) is 4.93. The summed E-state index contributed by atoms with van der Waals surface area (Å²) in [6.07, 6.45) is 11.8. The first kappa shape index (κ1) is 36.0. The van der Waals surface area contributed by atoms with E-state index in [0.717, 1.165) is 23.7 Å². The molecule has 7 aliphatic carbocycles. The molecular formula is C56H63N. The molecule has 1 heteroatoms. The Morgan fingerprint density at radius 3 is 1.46 bits per heavy atom. The smallest absolute Gasteiger partial charge is 0.0546 e. The van der Waals surface area contributed by atoms with E-state index in [1.807, 2.05) is 0 Å². The van der Waals surface area contributed by atoms with E-state index in [9.17, 15) is 0 Å². The SMILES string of the molecule is CC1(C)CCC(C)(C)c2c(N(c3ccc4c(c3-c3ccccc3)-c3ccccc3C43C4CC5CC(C4)CC3C5)c3cccc4c3C(C)(C)CCC4(C)C)cccc21. The third-order valence-corrected chi connectivity index (χ3v) is 17.1. The molecule has 57 heavy (non-hydrogen) atoms. The van der Waals surface area contributed by atoms with Gasteiger partial charge in [-0.05, 0) is 171 Å². The summed E-state index contributed by atoms with van der Waals surface area (Å²) in [4.78, 5) is 2.80. The Balaban J connectivity index is 1.28. The minimum absolute atomic E-state index is 0.0318. The van der Waals surface area contributed by atoms with Gasteiger partial charge in [0.1, 0.15) is 0 Å². The predicted octanol–water partition coefficient (Wildman–Crippen LogP) is 15.2. The Hall–Kier alpha value is -4.10. The molecule has 1 nitrogen and oxygen atoms in total. The summed E-state index contributed by atoms with van der Waals surface area (Å²) in [5.41, 5.74) is 19.6. The average Bonchev–Trinajstić information content (AvgIpc) is 3.48. The van der Waals surface area contributed by atoms with E-state index in [2.05, 4.69) is 163 Å². The summed E-state index contributed by atoms with van der Waals surface area (Å²) in [5, 5.41) is 0. The molecule has 0 unspecified atom stereocenters. The van der Waals surface area contributed by atoms with E-state index < -0.39 is 0 Å².